The van der Waals surface area contributed by atoms with Gasteiger partial charge in [0.15, 0.2) is 5.78 Å². The van der Waals surface area contributed by atoms with E-state index in [2.05, 4.69) is 0 Å². The third-order valence-corrected chi connectivity index (χ3v) is 6.26. The quantitative estimate of drug-likeness (QED) is 0.193. The van der Waals surface area contributed by atoms with Crippen LogP contribution in [0.3, 0.4) is 0 Å². The molecule has 0 amide bonds. The van der Waals surface area contributed by atoms with Crippen LogP contribution in [-0.2, 0) is 29.2 Å². The average molecular weight is 499 g/mol. The predicted molar refractivity (Wildman–Crippen MR) is 137 cm³/mol. The number of rotatable bonds is 8. The molecule has 37 heavy (non-hydrogen) atoms. The van der Waals surface area contributed by atoms with E-state index in [9.17, 15) is 19.2 Å². The molecule has 0 N–H and O–H groups in total. The second-order valence-electron chi connectivity index (χ2n) is 8.22. The molecule has 7 heteroatoms. The summed E-state index contributed by atoms with van der Waals surface area (Å²) in [5, 5.41) is 0. The first-order valence-corrected chi connectivity index (χ1v) is 11.9. The van der Waals surface area contributed by atoms with Crippen LogP contribution in [-0.4, -0.2) is 44.0 Å². The molecule has 0 bridgehead atoms. The number of hydrogen-bond acceptors (Lipinski definition) is 7. The first kappa shape index (κ1) is 25.6. The number of carbonyl (C=O) groups excluding carboxylic acids is 4. The summed E-state index contributed by atoms with van der Waals surface area (Å²) < 4.78 is 15.8. The molecular formula is C30H26O7. The molecule has 0 aromatic heterocycles. The molecule has 4 rings (SSSR count). The molecule has 7 nitrogen and oxygen atoms in total. The SMILES string of the molecule is CCOC(=O)C1(C(=O)OCC)C(c2ccccc2)=C(C(=O)c2ccccc2C(=O)OC)c2ccccc21. The Morgan fingerprint density at radius 1 is 0.703 bits per heavy atom. The number of hydrogen-bond donors (Lipinski definition) is 0. The van der Waals surface area contributed by atoms with Gasteiger partial charge in [-0.25, -0.2) is 4.79 Å². The van der Waals surface area contributed by atoms with Crippen LogP contribution in [0.1, 0.15) is 51.3 Å². The van der Waals surface area contributed by atoms with Crippen LogP contribution in [0.5, 0.6) is 0 Å². The normalized spacial score (nSPS) is 13.5. The first-order chi connectivity index (χ1) is 17.9. The number of benzene rings is 3. The van der Waals surface area contributed by atoms with Crippen LogP contribution in [0.4, 0.5) is 0 Å². The van der Waals surface area contributed by atoms with Crippen molar-refractivity contribution in [2.75, 3.05) is 20.3 Å². The zero-order valence-corrected chi connectivity index (χ0v) is 20.8. The van der Waals surface area contributed by atoms with Crippen molar-refractivity contribution in [2.24, 2.45) is 0 Å². The summed E-state index contributed by atoms with van der Waals surface area (Å²) in [6.45, 7) is 3.31. The van der Waals surface area contributed by atoms with Crippen LogP contribution in [0.25, 0.3) is 11.1 Å². The van der Waals surface area contributed by atoms with Crippen molar-refractivity contribution in [2.45, 2.75) is 19.3 Å². The summed E-state index contributed by atoms with van der Waals surface area (Å²) >= 11 is 0. The second-order valence-corrected chi connectivity index (χ2v) is 8.22. The highest BCUT2D eigenvalue weighted by molar-refractivity contribution is 6.42. The fourth-order valence-corrected chi connectivity index (χ4v) is 4.78. The molecule has 0 unspecified atom stereocenters. The lowest BCUT2D eigenvalue weighted by Crippen LogP contribution is -2.46. The Balaban J connectivity index is 2.15. The summed E-state index contributed by atoms with van der Waals surface area (Å²) in [6, 6.07) is 21.7. The molecule has 3 aromatic carbocycles. The molecule has 0 fully saturated rings. The summed E-state index contributed by atoms with van der Waals surface area (Å²) in [6.07, 6.45) is 0. The van der Waals surface area contributed by atoms with Crippen molar-refractivity contribution in [3.05, 3.63) is 107 Å². The molecule has 3 aromatic rings. The van der Waals surface area contributed by atoms with Crippen molar-refractivity contribution < 1.29 is 33.4 Å². The largest absolute Gasteiger partial charge is 0.465 e. The number of ketones is 1. The Kier molecular flexibility index (Phi) is 7.34. The summed E-state index contributed by atoms with van der Waals surface area (Å²) in [5.74, 6) is -2.91. The fourth-order valence-electron chi connectivity index (χ4n) is 4.78. The number of esters is 3. The van der Waals surface area contributed by atoms with Gasteiger partial charge in [-0.05, 0) is 36.6 Å². The zero-order chi connectivity index (χ0) is 26.6. The van der Waals surface area contributed by atoms with E-state index in [0.717, 1.165) is 0 Å². The van der Waals surface area contributed by atoms with E-state index in [1.807, 2.05) is 0 Å². The van der Waals surface area contributed by atoms with Gasteiger partial charge >= 0.3 is 17.9 Å². The molecule has 0 spiro atoms. The summed E-state index contributed by atoms with van der Waals surface area (Å²) in [5.41, 5.74) is -0.506. The topological polar surface area (TPSA) is 96.0 Å². The van der Waals surface area contributed by atoms with Gasteiger partial charge < -0.3 is 14.2 Å². The molecular weight excluding hydrogens is 472 g/mol. The smallest absolute Gasteiger partial charge is 0.338 e. The Morgan fingerprint density at radius 2 is 1.24 bits per heavy atom. The molecule has 1 aliphatic rings. The lowest BCUT2D eigenvalue weighted by Gasteiger charge is -2.29. The van der Waals surface area contributed by atoms with Crippen molar-refractivity contribution in [3.8, 4) is 0 Å². The molecule has 188 valence electrons. The van der Waals surface area contributed by atoms with Crippen LogP contribution in [0.2, 0.25) is 0 Å². The van der Waals surface area contributed by atoms with Gasteiger partial charge in [0.2, 0.25) is 5.41 Å². The Hall–Kier alpha value is -4.52. The Bertz CT molecular complexity index is 1380. The molecule has 0 saturated carbocycles. The molecule has 0 saturated heterocycles. The molecule has 0 radical (unpaired) electrons. The third kappa shape index (κ3) is 4.12. The Labute approximate surface area is 214 Å². The van der Waals surface area contributed by atoms with Gasteiger partial charge in [-0.15, -0.1) is 0 Å². The van der Waals surface area contributed by atoms with Crippen molar-refractivity contribution in [1.82, 2.24) is 0 Å². The van der Waals surface area contributed by atoms with Crippen molar-refractivity contribution >= 4 is 34.8 Å². The summed E-state index contributed by atoms with van der Waals surface area (Å²) in [7, 11) is 1.23. The van der Waals surface area contributed by atoms with Gasteiger partial charge in [-0.2, -0.15) is 0 Å². The zero-order valence-electron chi connectivity index (χ0n) is 20.8. The molecule has 0 aliphatic heterocycles. The van der Waals surface area contributed by atoms with E-state index >= 15 is 0 Å². The maximum atomic E-state index is 14.3. The first-order valence-electron chi connectivity index (χ1n) is 11.9. The fraction of sp³-hybridized carbons (Fsp3) is 0.200. The minimum absolute atomic E-state index is 0.0126. The van der Waals surface area contributed by atoms with Gasteiger partial charge in [0, 0.05) is 16.7 Å². The Morgan fingerprint density at radius 3 is 1.84 bits per heavy atom. The van der Waals surface area contributed by atoms with E-state index in [0.29, 0.717) is 11.1 Å². The third-order valence-electron chi connectivity index (χ3n) is 6.26. The molecule has 1 aliphatic carbocycles. The van der Waals surface area contributed by atoms with E-state index in [1.165, 1.54) is 19.2 Å². The van der Waals surface area contributed by atoms with Crippen LogP contribution < -0.4 is 0 Å². The van der Waals surface area contributed by atoms with Gasteiger partial charge in [0.05, 0.1) is 25.9 Å². The van der Waals surface area contributed by atoms with Crippen LogP contribution in [0.15, 0.2) is 78.9 Å². The lowest BCUT2D eigenvalue weighted by molar-refractivity contribution is -0.161. The maximum absolute atomic E-state index is 14.3. The predicted octanol–water partition coefficient (Wildman–Crippen LogP) is 4.64. The van der Waals surface area contributed by atoms with E-state index in [1.54, 1.807) is 80.6 Å². The van der Waals surface area contributed by atoms with Gasteiger partial charge in [-0.3, -0.25) is 14.4 Å². The van der Waals surface area contributed by atoms with Crippen LogP contribution in [0, 0.1) is 0 Å². The van der Waals surface area contributed by atoms with Gasteiger partial charge in [-0.1, -0.05) is 72.8 Å². The number of carbonyl (C=O) groups is 4. The van der Waals surface area contributed by atoms with E-state index < -0.39 is 29.1 Å². The van der Waals surface area contributed by atoms with Crippen molar-refractivity contribution in [3.63, 3.8) is 0 Å². The minimum Gasteiger partial charge on any atom is -0.465 e. The maximum Gasteiger partial charge on any atom is 0.338 e. The highest BCUT2D eigenvalue weighted by atomic mass is 16.6. The second kappa shape index (κ2) is 10.6. The summed E-state index contributed by atoms with van der Waals surface area (Å²) in [4.78, 5) is 54.5. The lowest BCUT2D eigenvalue weighted by atomic mass is 9.74. The van der Waals surface area contributed by atoms with Gasteiger partial charge in [0.25, 0.3) is 0 Å². The molecule has 0 atom stereocenters. The number of allylic oxidation sites excluding steroid dienone is 1. The number of ether oxygens (including phenoxy) is 3. The highest BCUT2D eigenvalue weighted by Crippen LogP contribution is 2.53. The number of methoxy groups -OCH3 is 1. The number of Topliss-reactive ketones (excluding diaryl/α,β-unsaturated/α-hetero) is 1. The van der Waals surface area contributed by atoms with Crippen molar-refractivity contribution in [1.29, 1.82) is 0 Å². The molecule has 0 heterocycles. The van der Waals surface area contributed by atoms with E-state index in [-0.39, 0.29) is 41.1 Å². The minimum atomic E-state index is -2.05. The number of fused-ring (bicyclic) bond motifs is 1. The van der Waals surface area contributed by atoms with E-state index in [4.69, 9.17) is 14.2 Å². The monoisotopic (exact) mass is 498 g/mol. The van der Waals surface area contributed by atoms with Crippen LogP contribution >= 0.6 is 0 Å². The standard InChI is InChI=1S/C30H26O7/c1-4-36-28(33)30(29(34)37-5-2)23-18-12-11-17-22(23)24(25(30)19-13-7-6-8-14-19)26(31)20-15-9-10-16-21(20)27(32)35-3/h6-18H,4-5H2,1-3H3. The highest BCUT2D eigenvalue weighted by Gasteiger charge is 2.60. The average Bonchev–Trinajstić information content (AvgIpc) is 3.25. The van der Waals surface area contributed by atoms with Gasteiger partial charge in [0.1, 0.15) is 0 Å².